The topological polar surface area (TPSA) is 48.9 Å². The van der Waals surface area contributed by atoms with Crippen LogP contribution < -0.4 is 0 Å². The molecule has 0 saturated heterocycles. The van der Waals surface area contributed by atoms with Crippen LogP contribution in [-0.2, 0) is 0 Å². The number of H-pyrrole nitrogens is 1. The fraction of sp³-hybridized carbons (Fsp3) is 0.654. The zero-order chi connectivity index (χ0) is 19.8. The van der Waals surface area contributed by atoms with Crippen LogP contribution in [0.4, 0.5) is 0 Å². The molecule has 0 amide bonds. The van der Waals surface area contributed by atoms with Crippen LogP contribution in [0.25, 0.3) is 16.5 Å². The molecule has 1 aromatic carbocycles. The standard InChI is InChI=1S/C26H34N2O/c1-25-11-9-19(29)14-18(25)4-5-20-22-7-6-21(26(22,2)12-10-23(20)25)16-3-8-24-17(13-16)15-27-28-24/h3,6,8,13,15,18-20,22-23,29H,4-5,7,9-12,14H2,1-2H3,(H,27,28)/t18-,19-,20-,22-,23-,25-,26+/m0/s1. The number of benzene rings is 1. The second-order valence-electron chi connectivity index (χ2n) is 11.1. The molecule has 3 saturated carbocycles. The molecule has 0 aliphatic heterocycles. The summed E-state index contributed by atoms with van der Waals surface area (Å²) < 4.78 is 0. The lowest BCUT2D eigenvalue weighted by Crippen LogP contribution is -2.53. The molecule has 7 atom stereocenters. The van der Waals surface area contributed by atoms with Gasteiger partial charge >= 0.3 is 0 Å². The summed E-state index contributed by atoms with van der Waals surface area (Å²) in [6.07, 6.45) is 14.4. The summed E-state index contributed by atoms with van der Waals surface area (Å²) in [4.78, 5) is 0. The molecule has 3 heteroatoms. The molecule has 1 aromatic heterocycles. The highest BCUT2D eigenvalue weighted by Crippen LogP contribution is 2.67. The van der Waals surface area contributed by atoms with Crippen molar-refractivity contribution < 1.29 is 5.11 Å². The highest BCUT2D eigenvalue weighted by atomic mass is 16.3. The van der Waals surface area contributed by atoms with Crippen LogP contribution in [0.3, 0.4) is 0 Å². The number of fused-ring (bicyclic) bond motifs is 6. The van der Waals surface area contributed by atoms with Gasteiger partial charge < -0.3 is 5.11 Å². The van der Waals surface area contributed by atoms with Gasteiger partial charge in [-0.05, 0) is 109 Å². The van der Waals surface area contributed by atoms with E-state index in [0.717, 1.165) is 42.0 Å². The quantitative estimate of drug-likeness (QED) is 0.631. The second-order valence-corrected chi connectivity index (χ2v) is 11.1. The molecule has 3 nitrogen and oxygen atoms in total. The first-order valence-electron chi connectivity index (χ1n) is 11.8. The Labute approximate surface area is 174 Å². The van der Waals surface area contributed by atoms with Crippen molar-refractivity contribution in [2.45, 2.75) is 71.3 Å². The average molecular weight is 391 g/mol. The van der Waals surface area contributed by atoms with E-state index in [0.29, 0.717) is 10.8 Å². The minimum absolute atomic E-state index is 0.0453. The minimum atomic E-state index is -0.0453. The molecule has 1 heterocycles. The van der Waals surface area contributed by atoms with E-state index in [-0.39, 0.29) is 6.10 Å². The lowest BCUT2D eigenvalue weighted by Gasteiger charge is -2.60. The Morgan fingerprint density at radius 3 is 2.86 bits per heavy atom. The van der Waals surface area contributed by atoms with Gasteiger partial charge in [0.1, 0.15) is 0 Å². The second kappa shape index (κ2) is 6.20. The maximum Gasteiger partial charge on any atom is 0.0650 e. The van der Waals surface area contributed by atoms with E-state index < -0.39 is 0 Å². The SMILES string of the molecule is C[C@]12CC[C@H](O)C[C@@H]1CC[C@@H]1[C@@H]2CC[C@]2(C)C(c3ccc4[nH]ncc4c3)=CC[C@@H]12. The summed E-state index contributed by atoms with van der Waals surface area (Å²) >= 11 is 0. The van der Waals surface area contributed by atoms with Crippen molar-refractivity contribution in [2.75, 3.05) is 0 Å². The number of hydrogen-bond acceptors (Lipinski definition) is 2. The van der Waals surface area contributed by atoms with E-state index in [1.807, 2.05) is 6.20 Å². The predicted octanol–water partition coefficient (Wildman–Crippen LogP) is 5.96. The van der Waals surface area contributed by atoms with Crippen LogP contribution in [0.1, 0.15) is 70.8 Å². The van der Waals surface area contributed by atoms with Crippen molar-refractivity contribution in [1.29, 1.82) is 0 Å². The number of nitrogens with one attached hydrogen (secondary N) is 1. The number of aromatic amines is 1. The van der Waals surface area contributed by atoms with Gasteiger partial charge in [-0.1, -0.05) is 26.0 Å². The van der Waals surface area contributed by atoms with Crippen LogP contribution in [0.2, 0.25) is 0 Å². The van der Waals surface area contributed by atoms with E-state index in [1.54, 1.807) is 5.57 Å². The normalized spacial score (nSPS) is 44.1. The first-order chi connectivity index (χ1) is 14.0. The molecule has 2 N–H and O–H groups in total. The van der Waals surface area contributed by atoms with Gasteiger partial charge in [0.2, 0.25) is 0 Å². The fourth-order valence-electron chi connectivity index (χ4n) is 8.36. The number of allylic oxidation sites excluding steroid dienone is 2. The number of hydrogen-bond donors (Lipinski definition) is 2. The Hall–Kier alpha value is -1.61. The molecule has 0 radical (unpaired) electrons. The summed E-state index contributed by atoms with van der Waals surface area (Å²) in [7, 11) is 0. The molecule has 4 aliphatic rings. The first-order valence-corrected chi connectivity index (χ1v) is 11.8. The van der Waals surface area contributed by atoms with E-state index in [4.69, 9.17) is 0 Å². The maximum atomic E-state index is 10.3. The molecular weight excluding hydrogens is 356 g/mol. The molecule has 0 spiro atoms. The molecule has 0 bridgehead atoms. The Morgan fingerprint density at radius 2 is 1.97 bits per heavy atom. The lowest BCUT2D eigenvalue weighted by molar-refractivity contribution is -0.115. The molecule has 0 unspecified atom stereocenters. The molecule has 29 heavy (non-hydrogen) atoms. The molecule has 2 aromatic rings. The van der Waals surface area contributed by atoms with Crippen molar-refractivity contribution in [3.8, 4) is 0 Å². The van der Waals surface area contributed by atoms with Gasteiger partial charge in [-0.3, -0.25) is 5.10 Å². The van der Waals surface area contributed by atoms with E-state index in [9.17, 15) is 5.11 Å². The van der Waals surface area contributed by atoms with Crippen LogP contribution >= 0.6 is 0 Å². The van der Waals surface area contributed by atoms with Gasteiger partial charge in [0.05, 0.1) is 17.8 Å². The first kappa shape index (κ1) is 18.2. The number of aromatic nitrogens is 2. The van der Waals surface area contributed by atoms with Crippen molar-refractivity contribution in [2.24, 2.45) is 34.5 Å². The predicted molar refractivity (Wildman–Crippen MR) is 117 cm³/mol. The average Bonchev–Trinajstić information content (AvgIpc) is 3.31. The van der Waals surface area contributed by atoms with Crippen LogP contribution in [0, 0.1) is 34.5 Å². The Morgan fingerprint density at radius 1 is 1.07 bits per heavy atom. The maximum absolute atomic E-state index is 10.3. The molecular formula is C26H34N2O. The highest BCUT2D eigenvalue weighted by Gasteiger charge is 2.58. The van der Waals surface area contributed by atoms with E-state index in [1.165, 1.54) is 49.5 Å². The summed E-state index contributed by atoms with van der Waals surface area (Å²) in [5.41, 5.74) is 4.90. The molecule has 154 valence electrons. The Bertz CT molecular complexity index is 976. The van der Waals surface area contributed by atoms with Gasteiger partial charge in [0.15, 0.2) is 0 Å². The van der Waals surface area contributed by atoms with E-state index in [2.05, 4.69) is 48.3 Å². The van der Waals surface area contributed by atoms with Gasteiger partial charge in [-0.2, -0.15) is 5.10 Å². The smallest absolute Gasteiger partial charge is 0.0650 e. The van der Waals surface area contributed by atoms with Crippen LogP contribution in [-0.4, -0.2) is 21.4 Å². The Balaban J connectivity index is 1.32. The molecule has 4 aliphatic carbocycles. The highest BCUT2D eigenvalue weighted by molar-refractivity contribution is 5.84. The fourth-order valence-corrected chi connectivity index (χ4v) is 8.36. The number of aliphatic hydroxyl groups is 1. The van der Waals surface area contributed by atoms with Gasteiger partial charge in [-0.25, -0.2) is 0 Å². The van der Waals surface area contributed by atoms with Gasteiger partial charge in [0.25, 0.3) is 0 Å². The summed E-state index contributed by atoms with van der Waals surface area (Å²) in [5, 5.41) is 18.8. The summed E-state index contributed by atoms with van der Waals surface area (Å²) in [6, 6.07) is 6.83. The van der Waals surface area contributed by atoms with Crippen molar-refractivity contribution in [1.82, 2.24) is 10.2 Å². The van der Waals surface area contributed by atoms with E-state index >= 15 is 0 Å². The minimum Gasteiger partial charge on any atom is -0.393 e. The summed E-state index contributed by atoms with van der Waals surface area (Å²) in [6.45, 7) is 5.14. The number of aliphatic hydroxyl groups excluding tert-OH is 1. The third kappa shape index (κ3) is 2.49. The number of nitrogens with zero attached hydrogens (tertiary/aromatic N) is 1. The monoisotopic (exact) mass is 390 g/mol. The summed E-state index contributed by atoms with van der Waals surface area (Å²) in [5.74, 6) is 3.25. The molecule has 3 fully saturated rings. The van der Waals surface area contributed by atoms with Crippen LogP contribution in [0.5, 0.6) is 0 Å². The van der Waals surface area contributed by atoms with Gasteiger partial charge in [-0.15, -0.1) is 0 Å². The third-order valence-corrected chi connectivity index (χ3v) is 9.97. The van der Waals surface area contributed by atoms with Crippen molar-refractivity contribution >= 4 is 16.5 Å². The lowest BCUT2D eigenvalue weighted by atomic mass is 9.44. The van der Waals surface area contributed by atoms with Gasteiger partial charge in [0, 0.05) is 5.39 Å². The van der Waals surface area contributed by atoms with Crippen molar-refractivity contribution in [3.05, 3.63) is 36.0 Å². The molecule has 6 rings (SSSR count). The number of rotatable bonds is 1. The largest absolute Gasteiger partial charge is 0.393 e. The zero-order valence-electron chi connectivity index (χ0n) is 17.8. The Kier molecular flexibility index (Phi) is 3.89. The van der Waals surface area contributed by atoms with Crippen LogP contribution in [0.15, 0.2) is 30.5 Å². The van der Waals surface area contributed by atoms with Crippen molar-refractivity contribution in [3.63, 3.8) is 0 Å². The third-order valence-electron chi connectivity index (χ3n) is 9.97. The zero-order valence-corrected chi connectivity index (χ0v) is 17.8.